The molecule has 0 radical (unpaired) electrons. The van der Waals surface area contributed by atoms with Crippen molar-refractivity contribution in [1.29, 1.82) is 0 Å². The molecule has 6 nitrogen and oxygen atoms in total. The lowest BCUT2D eigenvalue weighted by Crippen LogP contribution is -2.36. The van der Waals surface area contributed by atoms with Crippen molar-refractivity contribution in [3.05, 3.63) is 77.6 Å². The molecule has 3 rings (SSSR count). The van der Waals surface area contributed by atoms with Crippen LogP contribution in [0.3, 0.4) is 0 Å². The number of carboxylic acids is 1. The Balaban J connectivity index is 1.85. The average molecular weight is 519 g/mol. The highest BCUT2D eigenvalue weighted by Crippen LogP contribution is 2.34. The number of carbonyl (C=O) groups is 2. The van der Waals surface area contributed by atoms with Crippen LogP contribution in [0.5, 0.6) is 5.75 Å². The number of rotatable bonds is 12. The first-order valence-electron chi connectivity index (χ1n) is 12.5. The molecule has 1 amide bonds. The van der Waals surface area contributed by atoms with Crippen LogP contribution in [0, 0.1) is 0 Å². The normalized spacial score (nSPS) is 12.8. The summed E-state index contributed by atoms with van der Waals surface area (Å²) in [7, 11) is 0. The van der Waals surface area contributed by atoms with Crippen molar-refractivity contribution in [1.82, 2.24) is 4.90 Å². The zero-order valence-corrected chi connectivity index (χ0v) is 20.6. The molecule has 1 N–H and O–H groups in total. The summed E-state index contributed by atoms with van der Waals surface area (Å²) in [5, 5.41) is 8.74. The number of hydrogen-bond donors (Lipinski definition) is 1. The molecular formula is C28H30F3NO5. The van der Waals surface area contributed by atoms with Crippen LogP contribution in [-0.2, 0) is 17.5 Å². The van der Waals surface area contributed by atoms with Gasteiger partial charge < -0.3 is 19.2 Å². The van der Waals surface area contributed by atoms with E-state index in [0.717, 1.165) is 23.8 Å². The number of hydrogen-bond acceptors (Lipinski definition) is 4. The van der Waals surface area contributed by atoms with E-state index in [1.54, 1.807) is 50.2 Å². The number of halogens is 3. The number of aliphatic carboxylic acids is 1. The fourth-order valence-electron chi connectivity index (χ4n) is 3.66. The van der Waals surface area contributed by atoms with Crippen molar-refractivity contribution < 1.29 is 38.4 Å². The van der Waals surface area contributed by atoms with Gasteiger partial charge in [0.1, 0.15) is 11.5 Å². The van der Waals surface area contributed by atoms with E-state index in [0.29, 0.717) is 25.0 Å². The van der Waals surface area contributed by atoms with Gasteiger partial charge in [0.15, 0.2) is 0 Å². The molecular weight excluding hydrogens is 487 g/mol. The lowest BCUT2D eigenvalue weighted by molar-refractivity contribution is -0.138. The quantitative estimate of drug-likeness (QED) is 0.260. The number of furan rings is 1. The molecule has 1 atom stereocenters. The van der Waals surface area contributed by atoms with E-state index in [-0.39, 0.29) is 29.9 Å². The Kier molecular flexibility index (Phi) is 8.87. The van der Waals surface area contributed by atoms with Gasteiger partial charge in [-0.2, -0.15) is 13.2 Å². The molecule has 0 fully saturated rings. The standard InChI is InChI=1S/C28H30F3NO5/c1-19(2)32(27(35)21-11-9-20(10-12-21)24-7-6-16-37-24)18-22-17-23(28(29,30)31)13-14-25(22)36-15-5-3-4-8-26(33)34/h6-7,9-14,16-17,19H,3-5,8,15,18H2,1-2H3,(H,33,34)/i18D. The predicted octanol–water partition coefficient (Wildman–Crippen LogP) is 7.04. The number of benzene rings is 2. The highest BCUT2D eigenvalue weighted by atomic mass is 19.4. The summed E-state index contributed by atoms with van der Waals surface area (Å²) in [6.45, 7) is 2.03. The first-order valence-corrected chi connectivity index (χ1v) is 11.9. The van der Waals surface area contributed by atoms with Gasteiger partial charge in [-0.3, -0.25) is 9.59 Å². The number of carbonyl (C=O) groups excluding carboxylic acids is 1. The largest absolute Gasteiger partial charge is 0.493 e. The van der Waals surface area contributed by atoms with Crippen LogP contribution in [0.15, 0.2) is 65.3 Å². The fourth-order valence-corrected chi connectivity index (χ4v) is 3.66. The molecule has 1 heterocycles. The summed E-state index contributed by atoms with van der Waals surface area (Å²) in [6, 6.07) is 12.5. The second-order valence-electron chi connectivity index (χ2n) is 8.79. The maximum atomic E-state index is 13.5. The summed E-state index contributed by atoms with van der Waals surface area (Å²) < 4.78 is 60.5. The van der Waals surface area contributed by atoms with Gasteiger partial charge in [0.05, 0.1) is 19.8 Å². The summed E-state index contributed by atoms with van der Waals surface area (Å²) in [5.74, 6) is -0.718. The van der Waals surface area contributed by atoms with Crippen LogP contribution in [0.25, 0.3) is 11.3 Å². The average Bonchev–Trinajstić information content (AvgIpc) is 3.40. The molecule has 1 aromatic heterocycles. The fraction of sp³-hybridized carbons (Fsp3) is 0.357. The topological polar surface area (TPSA) is 80.0 Å². The minimum absolute atomic E-state index is 0.0221. The smallest absolute Gasteiger partial charge is 0.416 e. The molecule has 2 aromatic carbocycles. The van der Waals surface area contributed by atoms with Crippen molar-refractivity contribution >= 4 is 11.9 Å². The molecule has 0 aliphatic rings. The van der Waals surface area contributed by atoms with Crippen LogP contribution in [-0.4, -0.2) is 34.5 Å². The van der Waals surface area contributed by atoms with E-state index in [9.17, 15) is 22.8 Å². The van der Waals surface area contributed by atoms with Gasteiger partial charge in [-0.1, -0.05) is 12.1 Å². The SMILES string of the molecule is [2H]C(c1cc(C(F)(F)F)ccc1OCCCCCC(=O)O)N(C(=O)c1ccc(-c2ccco2)cc1)C(C)C. The first kappa shape index (κ1) is 26.3. The first-order chi connectivity index (χ1) is 18.0. The van der Waals surface area contributed by atoms with Crippen molar-refractivity contribution in [2.45, 2.75) is 58.3 Å². The molecule has 9 heteroatoms. The highest BCUT2D eigenvalue weighted by molar-refractivity contribution is 5.94. The molecule has 0 saturated heterocycles. The predicted molar refractivity (Wildman–Crippen MR) is 132 cm³/mol. The Morgan fingerprint density at radius 1 is 1.08 bits per heavy atom. The lowest BCUT2D eigenvalue weighted by atomic mass is 10.1. The molecule has 198 valence electrons. The van der Waals surface area contributed by atoms with Gasteiger partial charge in [-0.05, 0) is 75.6 Å². The Hall–Kier alpha value is -3.75. The maximum Gasteiger partial charge on any atom is 0.416 e. The third-order valence-corrected chi connectivity index (χ3v) is 5.64. The van der Waals surface area contributed by atoms with Gasteiger partial charge in [-0.15, -0.1) is 0 Å². The van der Waals surface area contributed by atoms with Crippen LogP contribution in [0.1, 0.15) is 62.4 Å². The molecule has 0 spiro atoms. The highest BCUT2D eigenvalue weighted by Gasteiger charge is 2.32. The second kappa shape index (κ2) is 12.5. The number of amides is 1. The van der Waals surface area contributed by atoms with E-state index >= 15 is 0 Å². The third kappa shape index (κ3) is 7.87. The van der Waals surface area contributed by atoms with Crippen LogP contribution >= 0.6 is 0 Å². The number of unbranched alkanes of at least 4 members (excludes halogenated alkanes) is 2. The Bertz CT molecular complexity index is 1210. The van der Waals surface area contributed by atoms with E-state index < -0.39 is 36.2 Å². The molecule has 1 unspecified atom stereocenters. The van der Waals surface area contributed by atoms with E-state index in [1.165, 1.54) is 11.2 Å². The summed E-state index contributed by atoms with van der Waals surface area (Å²) in [4.78, 5) is 25.3. The maximum absolute atomic E-state index is 13.5. The van der Waals surface area contributed by atoms with Gasteiger partial charge in [-0.25, -0.2) is 0 Å². The van der Waals surface area contributed by atoms with Crippen molar-refractivity contribution in [3.63, 3.8) is 0 Å². The molecule has 0 aliphatic carbocycles. The third-order valence-electron chi connectivity index (χ3n) is 5.64. The minimum Gasteiger partial charge on any atom is -0.493 e. The van der Waals surface area contributed by atoms with Crippen LogP contribution in [0.4, 0.5) is 13.2 Å². The van der Waals surface area contributed by atoms with Gasteiger partial charge >= 0.3 is 12.1 Å². The number of alkyl halides is 3. The number of nitrogens with zero attached hydrogens (tertiary/aromatic N) is 1. The summed E-state index contributed by atoms with van der Waals surface area (Å²) in [6.07, 6.45) is -1.58. The van der Waals surface area contributed by atoms with Gasteiger partial charge in [0, 0.05) is 35.7 Å². The number of carboxylic acid groups (broad SMARTS) is 1. The monoisotopic (exact) mass is 518 g/mol. The summed E-state index contributed by atoms with van der Waals surface area (Å²) >= 11 is 0. The van der Waals surface area contributed by atoms with Crippen LogP contribution in [0.2, 0.25) is 0 Å². The summed E-state index contributed by atoms with van der Waals surface area (Å²) in [5.41, 5.74) is -0.00162. The molecule has 37 heavy (non-hydrogen) atoms. The van der Waals surface area contributed by atoms with Crippen LogP contribution < -0.4 is 4.74 Å². The zero-order chi connectivity index (χ0) is 27.9. The second-order valence-corrected chi connectivity index (χ2v) is 8.79. The lowest BCUT2D eigenvalue weighted by Gasteiger charge is -2.28. The van der Waals surface area contributed by atoms with Crippen molar-refractivity contribution in [2.75, 3.05) is 6.61 Å². The van der Waals surface area contributed by atoms with Gasteiger partial charge in [0.2, 0.25) is 0 Å². The van der Waals surface area contributed by atoms with Crippen molar-refractivity contribution in [3.8, 4) is 17.1 Å². The van der Waals surface area contributed by atoms with Crippen molar-refractivity contribution in [2.24, 2.45) is 0 Å². The molecule has 0 bridgehead atoms. The zero-order valence-electron chi connectivity index (χ0n) is 21.6. The minimum atomic E-state index is -4.64. The Morgan fingerprint density at radius 3 is 2.41 bits per heavy atom. The molecule has 3 aromatic rings. The van der Waals surface area contributed by atoms with E-state index in [1.807, 2.05) is 0 Å². The Morgan fingerprint density at radius 2 is 1.81 bits per heavy atom. The number of ether oxygens (including phenoxy) is 1. The van der Waals surface area contributed by atoms with Gasteiger partial charge in [0.25, 0.3) is 5.91 Å². The molecule has 0 aliphatic heterocycles. The Labute approximate surface area is 215 Å². The van der Waals surface area contributed by atoms with E-state index in [2.05, 4.69) is 0 Å². The van der Waals surface area contributed by atoms with E-state index in [4.69, 9.17) is 15.6 Å². The molecule has 0 saturated carbocycles.